The van der Waals surface area contributed by atoms with Gasteiger partial charge in [0, 0.05) is 6.20 Å². The minimum atomic E-state index is -4.51. The Morgan fingerprint density at radius 1 is 1.48 bits per heavy atom. The van der Waals surface area contributed by atoms with Crippen molar-refractivity contribution in [1.29, 1.82) is 5.26 Å². The number of nitriles is 1. The molecule has 0 unspecified atom stereocenters. The van der Waals surface area contributed by atoms with E-state index in [0.717, 1.165) is 23.9 Å². The van der Waals surface area contributed by atoms with E-state index in [2.05, 4.69) is 15.4 Å². The maximum absolute atomic E-state index is 12.9. The molecule has 5 nitrogen and oxygen atoms in total. The van der Waals surface area contributed by atoms with E-state index in [4.69, 9.17) is 16.9 Å². The molecule has 0 spiro atoms. The molecule has 120 valence electrons. The average molecular weight is 360 g/mol. The zero-order valence-electron chi connectivity index (χ0n) is 11.6. The number of benzene rings is 1. The van der Waals surface area contributed by atoms with Crippen molar-refractivity contribution < 1.29 is 13.2 Å². The number of nitrogens with zero attached hydrogens (tertiary/aromatic N) is 4. The summed E-state index contributed by atoms with van der Waals surface area (Å²) in [6.45, 7) is 0. The smallest absolute Gasteiger partial charge is 0.271 e. The molecule has 23 heavy (non-hydrogen) atoms. The van der Waals surface area contributed by atoms with Crippen molar-refractivity contribution in [3.63, 3.8) is 0 Å². The van der Waals surface area contributed by atoms with E-state index < -0.39 is 11.7 Å². The Balaban J connectivity index is 2.60. The molecular weight excluding hydrogens is 351 g/mol. The number of thioether (sulfide) groups is 1. The van der Waals surface area contributed by atoms with E-state index in [-0.39, 0.29) is 10.9 Å². The quantitative estimate of drug-likeness (QED) is 0.381. The number of amidine groups is 1. The van der Waals surface area contributed by atoms with Crippen molar-refractivity contribution in [3.05, 3.63) is 41.2 Å². The van der Waals surface area contributed by atoms with Crippen LogP contribution in [0.5, 0.6) is 0 Å². The second kappa shape index (κ2) is 6.93. The van der Waals surface area contributed by atoms with Gasteiger partial charge in [-0.3, -0.25) is 5.32 Å². The van der Waals surface area contributed by atoms with Crippen LogP contribution in [0.15, 0.2) is 35.6 Å². The third-order valence-electron chi connectivity index (χ3n) is 2.68. The van der Waals surface area contributed by atoms with Crippen molar-refractivity contribution in [3.8, 4) is 11.9 Å². The highest BCUT2D eigenvalue weighted by Gasteiger charge is 2.31. The van der Waals surface area contributed by atoms with Gasteiger partial charge in [-0.2, -0.15) is 23.5 Å². The predicted molar refractivity (Wildman–Crippen MR) is 82.9 cm³/mol. The zero-order chi connectivity index (χ0) is 17.0. The van der Waals surface area contributed by atoms with Crippen LogP contribution in [-0.2, 0) is 6.18 Å². The molecule has 1 N–H and O–H groups in total. The van der Waals surface area contributed by atoms with E-state index >= 15 is 0 Å². The van der Waals surface area contributed by atoms with Gasteiger partial charge in [0.15, 0.2) is 11.4 Å². The van der Waals surface area contributed by atoms with Crippen molar-refractivity contribution in [2.45, 2.75) is 6.18 Å². The lowest BCUT2D eigenvalue weighted by Crippen LogP contribution is -2.13. The van der Waals surface area contributed by atoms with Gasteiger partial charge in [-0.05, 0) is 24.5 Å². The van der Waals surface area contributed by atoms with E-state index in [9.17, 15) is 13.2 Å². The highest BCUT2D eigenvalue weighted by Crippen LogP contribution is 2.35. The Bertz CT molecular complexity index is 779. The summed E-state index contributed by atoms with van der Waals surface area (Å²) in [5.41, 5.74) is -0.543. The molecule has 0 saturated heterocycles. The monoisotopic (exact) mass is 359 g/mol. The second-order valence-electron chi connectivity index (χ2n) is 4.16. The molecule has 1 heterocycles. The van der Waals surface area contributed by atoms with E-state index in [0.29, 0.717) is 10.7 Å². The topological polar surface area (TPSA) is 66.0 Å². The van der Waals surface area contributed by atoms with Gasteiger partial charge in [0.05, 0.1) is 28.2 Å². The van der Waals surface area contributed by atoms with Gasteiger partial charge in [0.2, 0.25) is 0 Å². The summed E-state index contributed by atoms with van der Waals surface area (Å²) in [6, 6.07) is 3.07. The lowest BCUT2D eigenvalue weighted by atomic mass is 10.1. The Morgan fingerprint density at radius 3 is 2.74 bits per heavy atom. The lowest BCUT2D eigenvalue weighted by molar-refractivity contribution is -0.137. The molecule has 0 aliphatic carbocycles. The normalized spacial score (nSPS) is 12.1. The van der Waals surface area contributed by atoms with Crippen molar-refractivity contribution in [1.82, 2.24) is 15.1 Å². The summed E-state index contributed by atoms with van der Waals surface area (Å²) in [7, 11) is 0. The average Bonchev–Trinajstić information content (AvgIpc) is 2.92. The molecule has 0 fully saturated rings. The SMILES string of the molecule is CSC(=Nc1cc(C(F)(F)F)ccc1-n1cc(Cl)cn1)NC#N. The first-order valence-electron chi connectivity index (χ1n) is 6.04. The molecule has 2 aromatic rings. The van der Waals surface area contributed by atoms with E-state index in [1.54, 1.807) is 12.4 Å². The minimum Gasteiger partial charge on any atom is -0.271 e. The highest BCUT2D eigenvalue weighted by molar-refractivity contribution is 8.13. The van der Waals surface area contributed by atoms with E-state index in [1.165, 1.54) is 23.1 Å². The number of aromatic nitrogens is 2. The number of hydrogen-bond acceptors (Lipinski definition) is 4. The Labute approximate surface area is 138 Å². The number of aliphatic imine (C=N–C) groups is 1. The highest BCUT2D eigenvalue weighted by atomic mass is 35.5. The van der Waals surface area contributed by atoms with Crippen LogP contribution in [0, 0.1) is 11.5 Å². The first-order chi connectivity index (χ1) is 10.8. The number of hydrogen-bond donors (Lipinski definition) is 1. The van der Waals surface area contributed by atoms with Gasteiger partial charge in [0.25, 0.3) is 0 Å². The van der Waals surface area contributed by atoms with E-state index in [1.807, 2.05) is 0 Å². The summed E-state index contributed by atoms with van der Waals surface area (Å²) in [6.07, 6.45) is 1.61. The summed E-state index contributed by atoms with van der Waals surface area (Å²) >= 11 is 6.88. The molecule has 0 atom stereocenters. The Hall–Kier alpha value is -2.18. The van der Waals surface area contributed by atoms with Crippen molar-refractivity contribution >= 4 is 34.2 Å². The zero-order valence-corrected chi connectivity index (χ0v) is 13.2. The van der Waals surface area contributed by atoms with Crippen LogP contribution in [0.4, 0.5) is 18.9 Å². The standard InChI is InChI=1S/C13H9ClF3N5S/c1-23-12(19-7-18)21-10-4-8(13(15,16)17)2-3-11(10)22-6-9(14)5-20-22/h2-6H,1H3,(H,19,21). The van der Waals surface area contributed by atoms with Crippen molar-refractivity contribution in [2.75, 3.05) is 6.26 Å². The predicted octanol–water partition coefficient (Wildman–Crippen LogP) is 3.97. The maximum Gasteiger partial charge on any atom is 0.416 e. The van der Waals surface area contributed by atoms with Gasteiger partial charge in [-0.15, -0.1) is 0 Å². The fourth-order valence-corrected chi connectivity index (χ4v) is 2.17. The van der Waals surface area contributed by atoms with Gasteiger partial charge >= 0.3 is 6.18 Å². The van der Waals surface area contributed by atoms with Gasteiger partial charge in [-0.25, -0.2) is 9.67 Å². The molecular formula is C13H9ClF3N5S. The van der Waals surface area contributed by atoms with Gasteiger partial charge in [0.1, 0.15) is 0 Å². The van der Waals surface area contributed by atoms with Crippen LogP contribution in [0.1, 0.15) is 5.56 Å². The fourth-order valence-electron chi connectivity index (χ4n) is 1.70. The van der Waals surface area contributed by atoms with Crippen LogP contribution in [0.2, 0.25) is 5.02 Å². The van der Waals surface area contributed by atoms with Gasteiger partial charge < -0.3 is 0 Å². The number of alkyl halides is 3. The van der Waals surface area contributed by atoms with Crippen LogP contribution in [0.3, 0.4) is 0 Å². The summed E-state index contributed by atoms with van der Waals surface area (Å²) in [5, 5.41) is 15.4. The molecule has 0 aliphatic rings. The van der Waals surface area contributed by atoms with Crippen LogP contribution in [0.25, 0.3) is 5.69 Å². The van der Waals surface area contributed by atoms with Crippen LogP contribution in [-0.4, -0.2) is 21.2 Å². The molecule has 2 rings (SSSR count). The third-order valence-corrected chi connectivity index (χ3v) is 3.45. The molecule has 10 heteroatoms. The number of rotatable bonds is 2. The summed E-state index contributed by atoms with van der Waals surface area (Å²) in [4.78, 5) is 4.07. The van der Waals surface area contributed by atoms with Gasteiger partial charge in [-0.1, -0.05) is 23.4 Å². The maximum atomic E-state index is 12.9. The molecule has 0 bridgehead atoms. The molecule has 1 aromatic carbocycles. The van der Waals surface area contributed by atoms with Crippen LogP contribution < -0.4 is 5.32 Å². The number of nitrogens with one attached hydrogen (secondary N) is 1. The third kappa shape index (κ3) is 4.18. The summed E-state index contributed by atoms with van der Waals surface area (Å²) in [5.74, 6) is 0. The summed E-state index contributed by atoms with van der Waals surface area (Å²) < 4.78 is 40.0. The molecule has 0 amide bonds. The largest absolute Gasteiger partial charge is 0.416 e. The van der Waals surface area contributed by atoms with Crippen molar-refractivity contribution in [2.24, 2.45) is 4.99 Å². The second-order valence-corrected chi connectivity index (χ2v) is 5.39. The molecule has 0 aliphatic heterocycles. The Kier molecular flexibility index (Phi) is 5.18. The molecule has 0 saturated carbocycles. The number of halogens is 4. The fraction of sp³-hybridized carbons (Fsp3) is 0.154. The minimum absolute atomic E-state index is 0.00620. The Morgan fingerprint density at radius 2 is 2.22 bits per heavy atom. The molecule has 1 aromatic heterocycles. The lowest BCUT2D eigenvalue weighted by Gasteiger charge is -2.11. The van der Waals surface area contributed by atoms with Crippen LogP contribution >= 0.6 is 23.4 Å². The first-order valence-corrected chi connectivity index (χ1v) is 7.65. The first kappa shape index (κ1) is 17.2. The molecule has 0 radical (unpaired) electrons.